The van der Waals surface area contributed by atoms with Gasteiger partial charge in [-0.3, -0.25) is 4.68 Å². The van der Waals surface area contributed by atoms with Crippen molar-refractivity contribution in [3.05, 3.63) is 11.9 Å². The molecule has 0 aliphatic heterocycles. The summed E-state index contributed by atoms with van der Waals surface area (Å²) < 4.78 is 6.95. The Morgan fingerprint density at radius 3 is 2.80 bits per heavy atom. The molecule has 1 aromatic heterocycles. The third-order valence-electron chi connectivity index (χ3n) is 3.15. The fraction of sp³-hybridized carbons (Fsp3) is 0.769. The van der Waals surface area contributed by atoms with E-state index in [9.17, 15) is 4.79 Å². The van der Waals surface area contributed by atoms with E-state index in [2.05, 4.69) is 15.6 Å². The predicted molar refractivity (Wildman–Crippen MR) is 71.8 cm³/mol. The number of aliphatic hydroxyl groups is 1. The van der Waals surface area contributed by atoms with Gasteiger partial charge in [-0.25, -0.2) is 4.79 Å². The molecule has 7 nitrogen and oxygen atoms in total. The van der Waals surface area contributed by atoms with Crippen LogP contribution in [0.3, 0.4) is 0 Å². The van der Waals surface area contributed by atoms with E-state index in [1.807, 2.05) is 20.8 Å². The van der Waals surface area contributed by atoms with Crippen molar-refractivity contribution in [3.8, 4) is 0 Å². The highest BCUT2D eigenvalue weighted by atomic mass is 16.6. The first-order valence-corrected chi connectivity index (χ1v) is 6.85. The minimum atomic E-state index is -0.464. The van der Waals surface area contributed by atoms with Crippen molar-refractivity contribution < 1.29 is 14.6 Å². The summed E-state index contributed by atoms with van der Waals surface area (Å²) in [6.45, 7) is 6.21. The van der Waals surface area contributed by atoms with Crippen molar-refractivity contribution in [2.75, 3.05) is 0 Å². The largest absolute Gasteiger partial charge is 0.444 e. The Bertz CT molecular complexity index is 460. The van der Waals surface area contributed by atoms with Crippen molar-refractivity contribution >= 4 is 6.09 Å². The molecule has 1 aliphatic carbocycles. The number of amides is 1. The molecule has 0 aromatic carbocycles. The van der Waals surface area contributed by atoms with Crippen LogP contribution in [0.5, 0.6) is 0 Å². The van der Waals surface area contributed by atoms with Gasteiger partial charge in [0.2, 0.25) is 0 Å². The minimum absolute atomic E-state index is 0.0898. The Labute approximate surface area is 118 Å². The van der Waals surface area contributed by atoms with Gasteiger partial charge in [0.15, 0.2) is 0 Å². The smallest absolute Gasteiger partial charge is 0.407 e. The highest BCUT2D eigenvalue weighted by molar-refractivity contribution is 5.68. The highest BCUT2D eigenvalue weighted by Crippen LogP contribution is 2.29. The van der Waals surface area contributed by atoms with Crippen LogP contribution in [0.25, 0.3) is 0 Å². The molecule has 0 radical (unpaired) electrons. The molecule has 2 N–H and O–H groups in total. The van der Waals surface area contributed by atoms with Crippen molar-refractivity contribution in [1.82, 2.24) is 20.3 Å². The highest BCUT2D eigenvalue weighted by Gasteiger charge is 2.32. The number of aliphatic hydroxyl groups excluding tert-OH is 1. The fourth-order valence-electron chi connectivity index (χ4n) is 2.24. The van der Waals surface area contributed by atoms with Crippen LogP contribution in [0, 0.1) is 5.92 Å². The number of nitrogens with zero attached hydrogens (tertiary/aromatic N) is 3. The lowest BCUT2D eigenvalue weighted by Gasteiger charge is -2.35. The lowest BCUT2D eigenvalue weighted by molar-refractivity contribution is 0.0444. The number of carbonyl (C=O) groups excluding carboxylic acids is 1. The lowest BCUT2D eigenvalue weighted by Crippen LogP contribution is -2.47. The average molecular weight is 282 g/mol. The van der Waals surface area contributed by atoms with Crippen molar-refractivity contribution in [1.29, 1.82) is 0 Å². The Morgan fingerprint density at radius 2 is 2.25 bits per heavy atom. The lowest BCUT2D eigenvalue weighted by atomic mass is 9.80. The molecule has 2 rings (SSSR count). The topological polar surface area (TPSA) is 89.3 Å². The summed E-state index contributed by atoms with van der Waals surface area (Å²) >= 11 is 0. The van der Waals surface area contributed by atoms with E-state index in [4.69, 9.17) is 9.84 Å². The second-order valence-electron chi connectivity index (χ2n) is 6.27. The second-order valence-corrected chi connectivity index (χ2v) is 6.27. The molecular formula is C13H22N4O3. The number of ether oxygens (including phenoxy) is 1. The van der Waals surface area contributed by atoms with Crippen molar-refractivity contribution in [2.24, 2.45) is 5.92 Å². The van der Waals surface area contributed by atoms with Crippen LogP contribution in [-0.2, 0) is 17.9 Å². The molecule has 1 saturated carbocycles. The summed E-state index contributed by atoms with van der Waals surface area (Å²) in [5.74, 6) is 0.475. The quantitative estimate of drug-likeness (QED) is 0.862. The standard InChI is InChI=1S/C13H22N4O3/c1-13(2,3)20-12(19)14-10-4-9(5-10)6-17-7-11(8-18)15-16-17/h7,9-10,18H,4-6,8H2,1-3H3,(H,14,19). The molecule has 1 aromatic rings. The number of rotatable bonds is 4. The molecule has 0 bridgehead atoms. The van der Waals surface area contributed by atoms with E-state index in [0.29, 0.717) is 11.6 Å². The van der Waals surface area contributed by atoms with Gasteiger partial charge in [0.25, 0.3) is 0 Å². The summed E-state index contributed by atoms with van der Waals surface area (Å²) in [5.41, 5.74) is 0.113. The molecule has 1 aliphatic rings. The number of aromatic nitrogens is 3. The number of carbonyl (C=O) groups is 1. The summed E-state index contributed by atoms with van der Waals surface area (Å²) in [6, 6.07) is 0.177. The first-order valence-electron chi connectivity index (χ1n) is 6.85. The Balaban J connectivity index is 1.68. The number of hydrogen-bond donors (Lipinski definition) is 2. The third kappa shape index (κ3) is 4.19. The van der Waals surface area contributed by atoms with Crippen LogP contribution in [0.4, 0.5) is 4.79 Å². The zero-order valence-electron chi connectivity index (χ0n) is 12.2. The first-order chi connectivity index (χ1) is 9.35. The zero-order chi connectivity index (χ0) is 14.8. The van der Waals surface area contributed by atoms with Gasteiger partial charge in [-0.2, -0.15) is 0 Å². The number of hydrogen-bond acceptors (Lipinski definition) is 5. The summed E-state index contributed by atoms with van der Waals surface area (Å²) in [6.07, 6.45) is 3.21. The summed E-state index contributed by atoms with van der Waals surface area (Å²) in [5, 5.41) is 19.5. The van der Waals surface area contributed by atoms with E-state index in [0.717, 1.165) is 19.4 Å². The molecule has 1 fully saturated rings. The molecule has 0 atom stereocenters. The minimum Gasteiger partial charge on any atom is -0.444 e. The van der Waals surface area contributed by atoms with Crippen molar-refractivity contribution in [2.45, 2.75) is 58.4 Å². The Kier molecular flexibility index (Phi) is 4.27. The van der Waals surface area contributed by atoms with Gasteiger partial charge in [0.05, 0.1) is 12.8 Å². The van der Waals surface area contributed by atoms with Crippen LogP contribution >= 0.6 is 0 Å². The van der Waals surface area contributed by atoms with Gasteiger partial charge in [0, 0.05) is 12.6 Å². The van der Waals surface area contributed by atoms with E-state index in [1.165, 1.54) is 0 Å². The predicted octanol–water partition coefficient (Wildman–Crippen LogP) is 1.07. The molecular weight excluding hydrogens is 260 g/mol. The first kappa shape index (κ1) is 14.8. The molecule has 20 heavy (non-hydrogen) atoms. The van der Waals surface area contributed by atoms with Crippen LogP contribution < -0.4 is 5.32 Å². The van der Waals surface area contributed by atoms with Crippen LogP contribution in [-0.4, -0.2) is 37.8 Å². The van der Waals surface area contributed by atoms with Gasteiger partial charge in [-0.15, -0.1) is 5.10 Å². The second kappa shape index (κ2) is 5.78. The zero-order valence-corrected chi connectivity index (χ0v) is 12.2. The molecule has 0 unspecified atom stereocenters. The Hall–Kier alpha value is -1.63. The van der Waals surface area contributed by atoms with E-state index in [-0.39, 0.29) is 18.7 Å². The molecule has 0 spiro atoms. The van der Waals surface area contributed by atoms with Crippen LogP contribution in [0.2, 0.25) is 0 Å². The SMILES string of the molecule is CC(C)(C)OC(=O)NC1CC(Cn2cc(CO)nn2)C1. The van der Waals surface area contributed by atoms with Gasteiger partial charge < -0.3 is 15.2 Å². The summed E-state index contributed by atoms with van der Waals surface area (Å²) in [4.78, 5) is 11.6. The average Bonchev–Trinajstić information content (AvgIpc) is 2.71. The van der Waals surface area contributed by atoms with Gasteiger partial charge >= 0.3 is 6.09 Å². The van der Waals surface area contributed by atoms with Gasteiger partial charge in [0.1, 0.15) is 11.3 Å². The molecule has 0 saturated heterocycles. The van der Waals surface area contributed by atoms with Crippen LogP contribution in [0.15, 0.2) is 6.20 Å². The van der Waals surface area contributed by atoms with E-state index < -0.39 is 5.60 Å². The molecule has 112 valence electrons. The maximum Gasteiger partial charge on any atom is 0.407 e. The van der Waals surface area contributed by atoms with Gasteiger partial charge in [-0.05, 0) is 39.5 Å². The fourth-order valence-corrected chi connectivity index (χ4v) is 2.24. The normalized spacial score (nSPS) is 22.2. The summed E-state index contributed by atoms with van der Waals surface area (Å²) in [7, 11) is 0. The van der Waals surface area contributed by atoms with Crippen molar-refractivity contribution in [3.63, 3.8) is 0 Å². The Morgan fingerprint density at radius 1 is 1.55 bits per heavy atom. The molecule has 7 heteroatoms. The monoisotopic (exact) mass is 282 g/mol. The van der Waals surface area contributed by atoms with Gasteiger partial charge in [-0.1, -0.05) is 5.21 Å². The third-order valence-corrected chi connectivity index (χ3v) is 3.15. The molecule has 1 amide bonds. The van der Waals surface area contributed by atoms with Crippen LogP contribution in [0.1, 0.15) is 39.3 Å². The van der Waals surface area contributed by atoms with E-state index >= 15 is 0 Å². The van der Waals surface area contributed by atoms with E-state index in [1.54, 1.807) is 10.9 Å². The maximum absolute atomic E-state index is 11.6. The maximum atomic E-state index is 11.6. The number of nitrogens with one attached hydrogen (secondary N) is 1. The molecule has 1 heterocycles. The number of alkyl carbamates (subject to hydrolysis) is 1.